The minimum atomic E-state index is -4.46. The predicted molar refractivity (Wildman–Crippen MR) is 63.4 cm³/mol. The maximum absolute atomic E-state index is 11.3. The van der Waals surface area contributed by atoms with Crippen LogP contribution in [-0.2, 0) is 14.9 Å². The zero-order chi connectivity index (χ0) is 13.9. The normalized spacial score (nSPS) is 11.8. The third kappa shape index (κ3) is 5.57. The summed E-state index contributed by atoms with van der Waals surface area (Å²) in [5, 5.41) is 11.3. The number of nitrogens with zero attached hydrogens (tertiary/aromatic N) is 1. The molecule has 0 heterocycles. The molecule has 0 saturated carbocycles. The zero-order valence-corrected chi connectivity index (χ0v) is 11.7. The van der Waals surface area contributed by atoms with E-state index in [1.54, 1.807) is 6.92 Å². The van der Waals surface area contributed by atoms with Gasteiger partial charge in [-0.1, -0.05) is 6.07 Å². The van der Waals surface area contributed by atoms with Crippen molar-refractivity contribution >= 4 is 27.5 Å². The number of carbonyl (C=O) groups excluding carboxylic acids is 1. The molecule has 0 radical (unpaired) electrons. The van der Waals surface area contributed by atoms with Crippen molar-refractivity contribution in [1.82, 2.24) is 0 Å². The molecule has 0 amide bonds. The monoisotopic (exact) mass is 277 g/mol. The average molecular weight is 277 g/mol. The number of hydrogen-bond donors (Lipinski definition) is 1. The Hall–Kier alpha value is -1.13. The summed E-state index contributed by atoms with van der Waals surface area (Å²) < 4.78 is 31.2. The maximum Gasteiger partial charge on any atom is 1.00 e. The van der Waals surface area contributed by atoms with Gasteiger partial charge in [0.05, 0.1) is 5.69 Å². The molecule has 1 aromatic carbocycles. The van der Waals surface area contributed by atoms with E-state index in [4.69, 9.17) is 4.55 Å². The Kier molecular flexibility index (Phi) is 6.46. The van der Waals surface area contributed by atoms with Crippen LogP contribution in [0.25, 0.3) is 0 Å². The van der Waals surface area contributed by atoms with E-state index in [0.29, 0.717) is 5.56 Å². The molecule has 0 aliphatic carbocycles. The molecule has 1 N–H and O–H groups in total. The Balaban J connectivity index is 0.00000324. The van der Waals surface area contributed by atoms with Gasteiger partial charge in [-0.2, -0.15) is 8.42 Å². The summed E-state index contributed by atoms with van der Waals surface area (Å²) >= 11 is 0. The molecule has 98 valence electrons. The molecule has 0 aromatic heterocycles. The Morgan fingerprint density at radius 3 is 2.47 bits per heavy atom. The van der Waals surface area contributed by atoms with Gasteiger partial charge < -0.3 is 5.11 Å². The first-order chi connectivity index (χ1) is 8.20. The number of ketones is 1. The molecule has 6 nitrogen and oxygen atoms in total. The largest absolute Gasteiger partial charge is 1.00 e. The molecule has 1 aromatic rings. The predicted octanol–water partition coefficient (Wildman–Crippen LogP) is -2.38. The fourth-order valence-corrected chi connectivity index (χ4v) is 1.93. The van der Waals surface area contributed by atoms with Crippen LogP contribution in [-0.4, -0.2) is 24.7 Å². The molecule has 0 spiro atoms. The van der Waals surface area contributed by atoms with Gasteiger partial charge in [-0.3, -0.25) is 14.3 Å². The molecule has 19 heavy (non-hydrogen) atoms. The molecule has 0 fully saturated rings. The Labute approximate surface area is 123 Å². The van der Waals surface area contributed by atoms with Crippen molar-refractivity contribution in [3.8, 4) is 0 Å². The van der Waals surface area contributed by atoms with E-state index >= 15 is 0 Å². The fourth-order valence-electron chi connectivity index (χ4n) is 1.32. The fraction of sp³-hybridized carbons (Fsp3) is 0.273. The molecule has 8 heteroatoms. The molecule has 1 rings (SSSR count). The van der Waals surface area contributed by atoms with Crippen molar-refractivity contribution in [3.63, 3.8) is 0 Å². The summed E-state index contributed by atoms with van der Waals surface area (Å²) in [5.41, 5.74) is 0.514. The Morgan fingerprint density at radius 1 is 1.42 bits per heavy atom. The summed E-state index contributed by atoms with van der Waals surface area (Å²) in [6, 6.07) is 3.98. The van der Waals surface area contributed by atoms with Gasteiger partial charge in [0.15, 0.2) is 0 Å². The molecule has 0 aliphatic heterocycles. The van der Waals surface area contributed by atoms with E-state index in [9.17, 15) is 18.3 Å². The summed E-state index contributed by atoms with van der Waals surface area (Å²) in [6.07, 6.45) is -0.404. The second kappa shape index (κ2) is 6.87. The minimum Gasteiger partial charge on any atom is -0.861 e. The number of rotatable bonds is 4. The van der Waals surface area contributed by atoms with Crippen LogP contribution in [0, 0.1) is 6.92 Å². The van der Waals surface area contributed by atoms with E-state index < -0.39 is 27.3 Å². The quantitative estimate of drug-likeness (QED) is 0.286. The van der Waals surface area contributed by atoms with E-state index in [1.165, 1.54) is 19.1 Å². The molecular formula is C11H12LiNO5S. The van der Waals surface area contributed by atoms with Crippen LogP contribution in [0.2, 0.25) is 0 Å². The number of hydrogen-bond acceptors (Lipinski definition) is 5. The van der Waals surface area contributed by atoms with Gasteiger partial charge in [0.1, 0.15) is 10.7 Å². The van der Waals surface area contributed by atoms with Crippen molar-refractivity contribution in [1.29, 1.82) is 0 Å². The third-order valence-electron chi connectivity index (χ3n) is 2.04. The number of carbonyl (C=O) groups is 1. The second-order valence-corrected chi connectivity index (χ2v) is 5.22. The number of aryl methyl sites for hydroxylation is 1. The van der Waals surface area contributed by atoms with Crippen molar-refractivity contribution in [2.75, 3.05) is 0 Å². The standard InChI is InChI=1S/C11H13NO5S.Li/c1-7-3-4-10(18(15,16)17)9(5-7)12-11(14)6-8(2)13;/h3-5H,6H2,1-2H3,(H,12,14)(H,15,16,17);/q;+1/p-1. The van der Waals surface area contributed by atoms with E-state index in [0.717, 1.165) is 6.07 Å². The molecule has 0 aliphatic rings. The SMILES string of the molecule is CC(=O)CC([O-])=Nc1cc(C)ccc1S(=O)(=O)O.[Li+]. The van der Waals surface area contributed by atoms with Crippen molar-refractivity contribution in [2.24, 2.45) is 4.99 Å². The van der Waals surface area contributed by atoms with Crippen LogP contribution < -0.4 is 24.0 Å². The van der Waals surface area contributed by atoms with Gasteiger partial charge in [-0.25, -0.2) is 0 Å². The number of Topliss-reactive ketones (excluding diaryl/α,β-unsaturated/α-hetero) is 1. The molecular weight excluding hydrogens is 265 g/mol. The minimum absolute atomic E-state index is 0. The maximum atomic E-state index is 11.3. The van der Waals surface area contributed by atoms with Crippen molar-refractivity contribution < 1.29 is 41.7 Å². The van der Waals surface area contributed by atoms with Crippen LogP contribution in [0.1, 0.15) is 18.9 Å². The van der Waals surface area contributed by atoms with E-state index in [2.05, 4.69) is 4.99 Å². The van der Waals surface area contributed by atoms with E-state index in [1.807, 2.05) is 0 Å². The first kappa shape index (κ1) is 17.9. The van der Waals surface area contributed by atoms with Crippen LogP contribution in [0.5, 0.6) is 0 Å². The Morgan fingerprint density at radius 2 is 2.00 bits per heavy atom. The summed E-state index contributed by atoms with van der Waals surface area (Å²) in [5.74, 6) is -1.12. The summed E-state index contributed by atoms with van der Waals surface area (Å²) in [7, 11) is -4.46. The van der Waals surface area contributed by atoms with Crippen LogP contribution in [0.15, 0.2) is 28.1 Å². The van der Waals surface area contributed by atoms with Gasteiger partial charge >= 0.3 is 18.9 Å². The third-order valence-corrected chi connectivity index (χ3v) is 2.94. The van der Waals surface area contributed by atoms with Gasteiger partial charge in [0.2, 0.25) is 0 Å². The van der Waals surface area contributed by atoms with Crippen molar-refractivity contribution in [3.05, 3.63) is 23.8 Å². The van der Waals surface area contributed by atoms with Crippen LogP contribution >= 0.6 is 0 Å². The number of aliphatic imine (C=N–C) groups is 1. The average Bonchev–Trinajstić information content (AvgIpc) is 2.13. The van der Waals surface area contributed by atoms with Gasteiger partial charge in [0, 0.05) is 6.42 Å². The topological polar surface area (TPSA) is 107 Å². The molecule has 0 saturated heterocycles. The molecule has 0 atom stereocenters. The first-order valence-electron chi connectivity index (χ1n) is 5.02. The number of benzene rings is 1. The van der Waals surface area contributed by atoms with Gasteiger partial charge in [-0.05, 0) is 37.4 Å². The summed E-state index contributed by atoms with van der Waals surface area (Å²) in [4.78, 5) is 13.8. The zero-order valence-electron chi connectivity index (χ0n) is 10.9. The van der Waals surface area contributed by atoms with Crippen molar-refractivity contribution in [2.45, 2.75) is 25.2 Å². The first-order valence-corrected chi connectivity index (χ1v) is 6.46. The second-order valence-electron chi connectivity index (χ2n) is 3.83. The molecule has 0 bridgehead atoms. The Bertz CT molecular complexity index is 610. The molecule has 0 unspecified atom stereocenters. The van der Waals surface area contributed by atoms with Crippen LogP contribution in [0.3, 0.4) is 0 Å². The van der Waals surface area contributed by atoms with Gasteiger partial charge in [0.25, 0.3) is 10.1 Å². The van der Waals surface area contributed by atoms with E-state index in [-0.39, 0.29) is 30.3 Å². The van der Waals surface area contributed by atoms with Gasteiger partial charge in [-0.15, -0.1) is 0 Å². The van der Waals surface area contributed by atoms with Crippen LogP contribution in [0.4, 0.5) is 5.69 Å². The smallest absolute Gasteiger partial charge is 0.861 e. The summed E-state index contributed by atoms with van der Waals surface area (Å²) in [6.45, 7) is 2.91.